The van der Waals surface area contributed by atoms with Gasteiger partial charge < -0.3 is 9.67 Å². The molecule has 0 bridgehead atoms. The highest BCUT2D eigenvalue weighted by molar-refractivity contribution is 5.01. The lowest BCUT2D eigenvalue weighted by molar-refractivity contribution is 0.0409. The van der Waals surface area contributed by atoms with Crippen molar-refractivity contribution in [1.29, 1.82) is 0 Å². The highest BCUT2D eigenvalue weighted by atomic mass is 16.3. The fourth-order valence-corrected chi connectivity index (χ4v) is 2.81. The second-order valence-corrected chi connectivity index (χ2v) is 5.05. The van der Waals surface area contributed by atoms with Crippen molar-refractivity contribution in [3.05, 3.63) is 18.2 Å². The Balaban J connectivity index is 2.04. The molecule has 1 aliphatic carbocycles. The van der Waals surface area contributed by atoms with Crippen molar-refractivity contribution < 1.29 is 5.11 Å². The van der Waals surface area contributed by atoms with Gasteiger partial charge >= 0.3 is 0 Å². The summed E-state index contributed by atoms with van der Waals surface area (Å²) in [6.45, 7) is 5.25. The summed E-state index contributed by atoms with van der Waals surface area (Å²) in [5, 5.41) is 10.5. The van der Waals surface area contributed by atoms with Crippen LogP contribution in [-0.2, 0) is 13.0 Å². The van der Waals surface area contributed by atoms with Crippen LogP contribution in [0.25, 0.3) is 0 Å². The SMILES string of the molecule is CCC1CCC(O)(Cc2nccn2CC)C1. The molecule has 1 heterocycles. The van der Waals surface area contributed by atoms with Crippen molar-refractivity contribution in [2.75, 3.05) is 0 Å². The van der Waals surface area contributed by atoms with E-state index in [4.69, 9.17) is 0 Å². The Hall–Kier alpha value is -0.830. The lowest BCUT2D eigenvalue weighted by atomic mass is 9.95. The smallest absolute Gasteiger partial charge is 0.111 e. The molecule has 2 unspecified atom stereocenters. The van der Waals surface area contributed by atoms with E-state index in [1.807, 2.05) is 12.4 Å². The first-order valence-electron chi connectivity index (χ1n) is 6.39. The van der Waals surface area contributed by atoms with Gasteiger partial charge in [0.05, 0.1) is 5.60 Å². The van der Waals surface area contributed by atoms with Gasteiger partial charge in [0, 0.05) is 25.4 Å². The molecule has 0 aliphatic heterocycles. The van der Waals surface area contributed by atoms with Crippen LogP contribution < -0.4 is 0 Å². The molecule has 1 aromatic heterocycles. The minimum Gasteiger partial charge on any atom is -0.389 e. The number of hydrogen-bond donors (Lipinski definition) is 1. The summed E-state index contributed by atoms with van der Waals surface area (Å²) in [7, 11) is 0. The van der Waals surface area contributed by atoms with Crippen LogP contribution in [-0.4, -0.2) is 20.3 Å². The molecule has 1 saturated carbocycles. The number of imidazole rings is 1. The number of hydrogen-bond acceptors (Lipinski definition) is 2. The van der Waals surface area contributed by atoms with Crippen LogP contribution in [0.5, 0.6) is 0 Å². The first-order chi connectivity index (χ1) is 7.67. The van der Waals surface area contributed by atoms with Crippen LogP contribution >= 0.6 is 0 Å². The first kappa shape index (κ1) is 11.6. The number of rotatable bonds is 4. The largest absolute Gasteiger partial charge is 0.389 e. The topological polar surface area (TPSA) is 38.1 Å². The van der Waals surface area contributed by atoms with Crippen molar-refractivity contribution in [2.24, 2.45) is 5.92 Å². The van der Waals surface area contributed by atoms with Gasteiger partial charge in [-0.05, 0) is 32.1 Å². The molecule has 0 aromatic carbocycles. The fraction of sp³-hybridized carbons (Fsp3) is 0.769. The van der Waals surface area contributed by atoms with Crippen LogP contribution in [0.3, 0.4) is 0 Å². The zero-order chi connectivity index (χ0) is 11.6. The summed E-state index contributed by atoms with van der Waals surface area (Å²) in [6, 6.07) is 0. The van der Waals surface area contributed by atoms with Gasteiger partial charge in [-0.2, -0.15) is 0 Å². The third-order valence-electron chi connectivity index (χ3n) is 3.89. The van der Waals surface area contributed by atoms with Crippen molar-refractivity contribution in [3.63, 3.8) is 0 Å². The van der Waals surface area contributed by atoms with Crippen LogP contribution in [0, 0.1) is 5.92 Å². The minimum atomic E-state index is -0.501. The lowest BCUT2D eigenvalue weighted by Crippen LogP contribution is -2.29. The first-order valence-corrected chi connectivity index (χ1v) is 6.39. The third-order valence-corrected chi connectivity index (χ3v) is 3.89. The van der Waals surface area contributed by atoms with Gasteiger partial charge in [0.1, 0.15) is 5.82 Å². The molecule has 0 radical (unpaired) electrons. The van der Waals surface area contributed by atoms with Crippen LogP contribution in [0.15, 0.2) is 12.4 Å². The average molecular weight is 222 g/mol. The second kappa shape index (κ2) is 4.58. The summed E-state index contributed by atoms with van der Waals surface area (Å²) in [4.78, 5) is 4.35. The second-order valence-electron chi connectivity index (χ2n) is 5.05. The van der Waals surface area contributed by atoms with E-state index >= 15 is 0 Å². The molecule has 1 fully saturated rings. The summed E-state index contributed by atoms with van der Waals surface area (Å²) in [5.74, 6) is 1.73. The van der Waals surface area contributed by atoms with Gasteiger partial charge in [-0.3, -0.25) is 0 Å². The quantitative estimate of drug-likeness (QED) is 0.849. The molecule has 3 heteroatoms. The Morgan fingerprint density at radius 1 is 1.56 bits per heavy atom. The van der Waals surface area contributed by atoms with E-state index in [2.05, 4.69) is 23.4 Å². The Kier molecular flexibility index (Phi) is 3.33. The van der Waals surface area contributed by atoms with Gasteiger partial charge in [-0.1, -0.05) is 13.3 Å². The number of nitrogens with zero attached hydrogens (tertiary/aromatic N) is 2. The summed E-state index contributed by atoms with van der Waals surface area (Å²) in [5.41, 5.74) is -0.501. The van der Waals surface area contributed by atoms with E-state index in [0.717, 1.165) is 25.2 Å². The Bertz CT molecular complexity index is 347. The summed E-state index contributed by atoms with van der Waals surface area (Å²) < 4.78 is 2.12. The summed E-state index contributed by atoms with van der Waals surface area (Å²) >= 11 is 0. The Morgan fingerprint density at radius 3 is 3.00 bits per heavy atom. The van der Waals surface area contributed by atoms with Crippen LogP contribution in [0.2, 0.25) is 0 Å². The zero-order valence-corrected chi connectivity index (χ0v) is 10.3. The fourth-order valence-electron chi connectivity index (χ4n) is 2.81. The van der Waals surface area contributed by atoms with E-state index in [9.17, 15) is 5.11 Å². The zero-order valence-electron chi connectivity index (χ0n) is 10.3. The Labute approximate surface area is 97.5 Å². The molecular formula is C13H22N2O. The molecule has 16 heavy (non-hydrogen) atoms. The molecule has 1 N–H and O–H groups in total. The monoisotopic (exact) mass is 222 g/mol. The van der Waals surface area contributed by atoms with E-state index in [-0.39, 0.29) is 0 Å². The normalized spacial score (nSPS) is 29.8. The molecule has 90 valence electrons. The molecule has 0 saturated heterocycles. The lowest BCUT2D eigenvalue weighted by Gasteiger charge is -2.22. The molecule has 0 spiro atoms. The standard InChI is InChI=1S/C13H22N2O/c1-3-11-5-6-13(16,9-11)10-12-14-7-8-15(12)4-2/h7-8,11,16H,3-6,9-10H2,1-2H3. The number of aliphatic hydroxyl groups is 1. The third kappa shape index (κ3) is 2.29. The van der Waals surface area contributed by atoms with Crippen LogP contribution in [0.4, 0.5) is 0 Å². The molecule has 0 amide bonds. The van der Waals surface area contributed by atoms with Gasteiger partial charge in [-0.25, -0.2) is 4.98 Å². The average Bonchev–Trinajstić information content (AvgIpc) is 2.85. The van der Waals surface area contributed by atoms with Gasteiger partial charge in [0.15, 0.2) is 0 Å². The van der Waals surface area contributed by atoms with Crippen LogP contribution in [0.1, 0.15) is 45.4 Å². The highest BCUT2D eigenvalue weighted by Gasteiger charge is 2.37. The van der Waals surface area contributed by atoms with Gasteiger partial charge in [0.25, 0.3) is 0 Å². The van der Waals surface area contributed by atoms with Gasteiger partial charge in [0.2, 0.25) is 0 Å². The minimum absolute atomic E-state index is 0.501. The Morgan fingerprint density at radius 2 is 2.38 bits per heavy atom. The molecule has 1 aliphatic rings. The predicted octanol–water partition coefficient (Wildman–Crippen LogP) is 2.39. The predicted molar refractivity (Wildman–Crippen MR) is 64.2 cm³/mol. The van der Waals surface area contributed by atoms with Gasteiger partial charge in [-0.15, -0.1) is 0 Å². The van der Waals surface area contributed by atoms with E-state index in [1.54, 1.807) is 0 Å². The molecule has 2 atom stereocenters. The van der Waals surface area contributed by atoms with Crippen molar-refractivity contribution >= 4 is 0 Å². The van der Waals surface area contributed by atoms with Crippen molar-refractivity contribution in [3.8, 4) is 0 Å². The molecule has 3 nitrogen and oxygen atoms in total. The van der Waals surface area contributed by atoms with E-state index in [1.165, 1.54) is 12.8 Å². The maximum absolute atomic E-state index is 10.5. The number of aryl methyl sites for hydroxylation is 1. The highest BCUT2D eigenvalue weighted by Crippen LogP contribution is 2.38. The number of aromatic nitrogens is 2. The molecule has 2 rings (SSSR count). The van der Waals surface area contributed by atoms with Crippen molar-refractivity contribution in [2.45, 2.75) is 58.1 Å². The molecule has 1 aromatic rings. The van der Waals surface area contributed by atoms with E-state index in [0.29, 0.717) is 12.3 Å². The summed E-state index contributed by atoms with van der Waals surface area (Å²) in [6.07, 6.45) is 8.76. The molecular weight excluding hydrogens is 200 g/mol. The van der Waals surface area contributed by atoms with Crippen molar-refractivity contribution in [1.82, 2.24) is 9.55 Å². The maximum atomic E-state index is 10.5. The van der Waals surface area contributed by atoms with E-state index < -0.39 is 5.60 Å². The maximum Gasteiger partial charge on any atom is 0.111 e.